The van der Waals surface area contributed by atoms with Gasteiger partial charge in [-0.1, -0.05) is 6.07 Å². The average molecular weight is 191 g/mol. The number of rotatable bonds is 0. The molecule has 3 heteroatoms. The molecule has 74 valence electrons. The molecule has 2 rings (SSSR count). The first-order valence-electron chi connectivity index (χ1n) is 4.71. The molecule has 0 radical (unpaired) electrons. The number of hydrogen-bond donors (Lipinski definition) is 1. The second-order valence-corrected chi connectivity index (χ2v) is 3.70. The number of fused-ring (bicyclic) bond motifs is 1. The van der Waals surface area contributed by atoms with Crippen molar-refractivity contribution in [3.63, 3.8) is 0 Å². The van der Waals surface area contributed by atoms with E-state index in [1.807, 2.05) is 13.1 Å². The molecule has 0 unspecified atom stereocenters. The van der Waals surface area contributed by atoms with Crippen molar-refractivity contribution in [1.29, 1.82) is 0 Å². The third-order valence-corrected chi connectivity index (χ3v) is 2.67. The van der Waals surface area contributed by atoms with Gasteiger partial charge in [0.1, 0.15) is 5.75 Å². The number of aromatic hydroxyl groups is 1. The van der Waals surface area contributed by atoms with Crippen molar-refractivity contribution in [1.82, 2.24) is 4.90 Å². The predicted molar refractivity (Wildman–Crippen MR) is 53.2 cm³/mol. The lowest BCUT2D eigenvalue weighted by atomic mass is 10.0. The summed E-state index contributed by atoms with van der Waals surface area (Å²) in [6.07, 6.45) is 1.28. The molecule has 1 N–H and O–H groups in total. The molecule has 1 aliphatic heterocycles. The average Bonchev–Trinajstić information content (AvgIpc) is 2.27. The van der Waals surface area contributed by atoms with Gasteiger partial charge in [0.05, 0.1) is 6.42 Å². The van der Waals surface area contributed by atoms with Crippen LogP contribution >= 0.6 is 0 Å². The second-order valence-electron chi connectivity index (χ2n) is 3.70. The highest BCUT2D eigenvalue weighted by atomic mass is 16.3. The van der Waals surface area contributed by atoms with Gasteiger partial charge in [0.25, 0.3) is 0 Å². The summed E-state index contributed by atoms with van der Waals surface area (Å²) in [6, 6.07) is 5.26. The lowest BCUT2D eigenvalue weighted by molar-refractivity contribution is -0.128. The molecule has 0 bridgehead atoms. The van der Waals surface area contributed by atoms with E-state index in [9.17, 15) is 9.90 Å². The zero-order valence-electron chi connectivity index (χ0n) is 8.16. The Balaban J connectivity index is 2.38. The SMILES string of the molecule is CN1CCc2ccc(O)cc2CC1=O. The van der Waals surface area contributed by atoms with Crippen molar-refractivity contribution in [2.45, 2.75) is 12.8 Å². The Hall–Kier alpha value is -1.51. The number of phenols is 1. The molecular weight excluding hydrogens is 178 g/mol. The topological polar surface area (TPSA) is 40.5 Å². The quantitative estimate of drug-likeness (QED) is 0.663. The van der Waals surface area contributed by atoms with Gasteiger partial charge >= 0.3 is 0 Å². The minimum absolute atomic E-state index is 0.120. The van der Waals surface area contributed by atoms with Crippen molar-refractivity contribution in [3.05, 3.63) is 29.3 Å². The zero-order valence-corrected chi connectivity index (χ0v) is 8.16. The van der Waals surface area contributed by atoms with Gasteiger partial charge in [-0.05, 0) is 29.7 Å². The number of carbonyl (C=O) groups excluding carboxylic acids is 1. The molecule has 0 fully saturated rings. The van der Waals surface area contributed by atoms with Gasteiger partial charge in [0.2, 0.25) is 5.91 Å². The molecule has 1 heterocycles. The van der Waals surface area contributed by atoms with E-state index in [4.69, 9.17) is 0 Å². The van der Waals surface area contributed by atoms with Gasteiger partial charge in [0, 0.05) is 13.6 Å². The van der Waals surface area contributed by atoms with Crippen LogP contribution in [0, 0.1) is 0 Å². The standard InChI is InChI=1S/C11H13NO2/c1-12-5-4-8-2-3-10(13)6-9(8)7-11(12)14/h2-3,6,13H,4-5,7H2,1H3. The fraction of sp³-hybridized carbons (Fsp3) is 0.364. The number of hydrogen-bond acceptors (Lipinski definition) is 2. The van der Waals surface area contributed by atoms with Crippen molar-refractivity contribution < 1.29 is 9.90 Å². The molecule has 1 aromatic carbocycles. The maximum absolute atomic E-state index is 11.5. The van der Waals surface area contributed by atoms with E-state index >= 15 is 0 Å². The highest BCUT2D eigenvalue weighted by molar-refractivity contribution is 5.79. The van der Waals surface area contributed by atoms with Crippen LogP contribution in [0.15, 0.2) is 18.2 Å². The lowest BCUT2D eigenvalue weighted by Crippen LogP contribution is -2.27. The number of phenolic OH excluding ortho intramolecular Hbond substituents is 1. The van der Waals surface area contributed by atoms with E-state index in [2.05, 4.69) is 0 Å². The van der Waals surface area contributed by atoms with Crippen molar-refractivity contribution in [3.8, 4) is 5.75 Å². The van der Waals surface area contributed by atoms with Crippen LogP contribution in [-0.4, -0.2) is 29.5 Å². The number of likely N-dealkylation sites (N-methyl/N-ethyl adjacent to an activating group) is 1. The Morgan fingerprint density at radius 3 is 2.93 bits per heavy atom. The minimum atomic E-state index is 0.120. The molecule has 0 saturated heterocycles. The highest BCUT2D eigenvalue weighted by Gasteiger charge is 2.17. The molecule has 0 aromatic heterocycles. The molecule has 14 heavy (non-hydrogen) atoms. The van der Waals surface area contributed by atoms with E-state index in [1.54, 1.807) is 17.0 Å². The summed E-state index contributed by atoms with van der Waals surface area (Å²) < 4.78 is 0. The summed E-state index contributed by atoms with van der Waals surface area (Å²) in [4.78, 5) is 13.3. The molecule has 1 aromatic rings. The predicted octanol–water partition coefficient (Wildman–Crippen LogP) is 0.949. The zero-order chi connectivity index (χ0) is 10.1. The second kappa shape index (κ2) is 3.33. The summed E-state index contributed by atoms with van der Waals surface area (Å²) in [7, 11) is 1.81. The van der Waals surface area contributed by atoms with Crippen molar-refractivity contribution in [2.75, 3.05) is 13.6 Å². The molecule has 0 atom stereocenters. The highest BCUT2D eigenvalue weighted by Crippen LogP contribution is 2.20. The van der Waals surface area contributed by atoms with E-state index < -0.39 is 0 Å². The van der Waals surface area contributed by atoms with Gasteiger partial charge < -0.3 is 10.0 Å². The van der Waals surface area contributed by atoms with Crippen LogP contribution in [0.5, 0.6) is 5.75 Å². The molecule has 1 aliphatic rings. The first-order valence-corrected chi connectivity index (χ1v) is 4.71. The Morgan fingerprint density at radius 1 is 1.36 bits per heavy atom. The first-order chi connectivity index (χ1) is 6.66. The minimum Gasteiger partial charge on any atom is -0.508 e. The van der Waals surface area contributed by atoms with E-state index in [1.165, 1.54) is 5.56 Å². The fourth-order valence-corrected chi connectivity index (χ4v) is 1.73. The molecule has 3 nitrogen and oxygen atoms in total. The van der Waals surface area contributed by atoms with Crippen LogP contribution in [0.25, 0.3) is 0 Å². The summed E-state index contributed by atoms with van der Waals surface area (Å²) in [5, 5.41) is 9.31. The lowest BCUT2D eigenvalue weighted by Gasteiger charge is -2.12. The van der Waals surface area contributed by atoms with E-state index in [0.717, 1.165) is 18.5 Å². The third kappa shape index (κ3) is 1.58. The van der Waals surface area contributed by atoms with Crippen LogP contribution in [0.4, 0.5) is 0 Å². The Kier molecular flexibility index (Phi) is 2.15. The Bertz CT molecular complexity index is 374. The number of benzene rings is 1. The largest absolute Gasteiger partial charge is 0.508 e. The van der Waals surface area contributed by atoms with Gasteiger partial charge in [0.15, 0.2) is 0 Å². The molecule has 0 saturated carbocycles. The first kappa shape index (κ1) is 9.06. The van der Waals surface area contributed by atoms with Crippen molar-refractivity contribution >= 4 is 5.91 Å². The fourth-order valence-electron chi connectivity index (χ4n) is 1.73. The van der Waals surface area contributed by atoms with Gasteiger partial charge in [-0.2, -0.15) is 0 Å². The summed E-state index contributed by atoms with van der Waals surface area (Å²) in [6.45, 7) is 0.761. The van der Waals surface area contributed by atoms with Crippen LogP contribution < -0.4 is 0 Å². The third-order valence-electron chi connectivity index (χ3n) is 2.67. The maximum Gasteiger partial charge on any atom is 0.226 e. The number of nitrogens with zero attached hydrogens (tertiary/aromatic N) is 1. The van der Waals surface area contributed by atoms with Gasteiger partial charge in [-0.3, -0.25) is 4.79 Å². The summed E-state index contributed by atoms with van der Waals surface area (Å²) >= 11 is 0. The maximum atomic E-state index is 11.5. The Morgan fingerprint density at radius 2 is 2.14 bits per heavy atom. The van der Waals surface area contributed by atoms with Crippen LogP contribution in [0.2, 0.25) is 0 Å². The summed E-state index contributed by atoms with van der Waals surface area (Å²) in [5.74, 6) is 0.357. The van der Waals surface area contributed by atoms with E-state index in [0.29, 0.717) is 6.42 Å². The van der Waals surface area contributed by atoms with E-state index in [-0.39, 0.29) is 11.7 Å². The van der Waals surface area contributed by atoms with Crippen LogP contribution in [0.1, 0.15) is 11.1 Å². The smallest absolute Gasteiger partial charge is 0.226 e. The molecular formula is C11H13NO2. The van der Waals surface area contributed by atoms with Crippen LogP contribution in [-0.2, 0) is 17.6 Å². The molecule has 0 aliphatic carbocycles. The number of amides is 1. The Labute approximate surface area is 83.0 Å². The molecule has 1 amide bonds. The normalized spacial score (nSPS) is 16.4. The van der Waals surface area contributed by atoms with Crippen molar-refractivity contribution in [2.24, 2.45) is 0 Å². The molecule has 0 spiro atoms. The summed E-state index contributed by atoms with van der Waals surface area (Å²) in [5.41, 5.74) is 2.12. The number of carbonyl (C=O) groups is 1. The van der Waals surface area contributed by atoms with Gasteiger partial charge in [-0.25, -0.2) is 0 Å². The van der Waals surface area contributed by atoms with Crippen LogP contribution in [0.3, 0.4) is 0 Å². The monoisotopic (exact) mass is 191 g/mol. The van der Waals surface area contributed by atoms with Gasteiger partial charge in [-0.15, -0.1) is 0 Å².